The standard InChI is InChI=1S/C19H35N3O2/c1-15(23)16-7-11-22(12-8-16)19(24)20-17-9-13-21(14-10-17)18-5-3-2-4-6-18/h15-18,23H,2-14H2,1H3,(H,20,24). The van der Waals surface area contributed by atoms with Crippen LogP contribution in [0.2, 0.25) is 0 Å². The van der Waals surface area contributed by atoms with Gasteiger partial charge in [0.05, 0.1) is 6.10 Å². The molecule has 1 unspecified atom stereocenters. The van der Waals surface area contributed by atoms with Crippen molar-refractivity contribution in [3.05, 3.63) is 0 Å². The smallest absolute Gasteiger partial charge is 0.317 e. The summed E-state index contributed by atoms with van der Waals surface area (Å²) in [6.45, 7) is 5.70. The molecule has 1 atom stereocenters. The van der Waals surface area contributed by atoms with Crippen molar-refractivity contribution in [3.8, 4) is 0 Å². The lowest BCUT2D eigenvalue weighted by molar-refractivity contribution is 0.0773. The van der Waals surface area contributed by atoms with Crippen molar-refractivity contribution >= 4 is 6.03 Å². The second kappa shape index (κ2) is 8.52. The van der Waals surface area contributed by atoms with Gasteiger partial charge in [0.1, 0.15) is 0 Å². The molecule has 1 aliphatic carbocycles. The zero-order chi connectivity index (χ0) is 16.9. The third-order valence-corrected chi connectivity index (χ3v) is 6.46. The number of nitrogens with zero attached hydrogens (tertiary/aromatic N) is 2. The first kappa shape index (κ1) is 18.0. The van der Waals surface area contributed by atoms with Gasteiger partial charge in [-0.25, -0.2) is 4.79 Å². The molecule has 0 aromatic carbocycles. The molecule has 138 valence electrons. The summed E-state index contributed by atoms with van der Waals surface area (Å²) in [5, 5.41) is 12.9. The molecular formula is C19H35N3O2. The minimum Gasteiger partial charge on any atom is -0.393 e. The third kappa shape index (κ3) is 4.63. The number of carbonyl (C=O) groups is 1. The van der Waals surface area contributed by atoms with Crippen LogP contribution in [0.15, 0.2) is 0 Å². The van der Waals surface area contributed by atoms with Gasteiger partial charge in [-0.1, -0.05) is 19.3 Å². The summed E-state index contributed by atoms with van der Waals surface area (Å²) in [5.41, 5.74) is 0. The van der Waals surface area contributed by atoms with Crippen LogP contribution in [0, 0.1) is 5.92 Å². The molecule has 2 saturated heterocycles. The Bertz CT molecular complexity index is 393. The van der Waals surface area contributed by atoms with E-state index >= 15 is 0 Å². The number of urea groups is 1. The predicted molar refractivity (Wildman–Crippen MR) is 96.0 cm³/mol. The maximum atomic E-state index is 12.5. The summed E-state index contributed by atoms with van der Waals surface area (Å²) in [6, 6.07) is 1.25. The Morgan fingerprint density at radius 2 is 1.58 bits per heavy atom. The van der Waals surface area contributed by atoms with E-state index in [2.05, 4.69) is 10.2 Å². The van der Waals surface area contributed by atoms with Crippen LogP contribution in [0.4, 0.5) is 4.79 Å². The molecule has 0 radical (unpaired) electrons. The van der Waals surface area contributed by atoms with Gasteiger partial charge in [0.25, 0.3) is 0 Å². The van der Waals surface area contributed by atoms with Crippen molar-refractivity contribution in [1.29, 1.82) is 0 Å². The van der Waals surface area contributed by atoms with Gasteiger partial charge in [-0.15, -0.1) is 0 Å². The maximum Gasteiger partial charge on any atom is 0.317 e. The van der Waals surface area contributed by atoms with Crippen molar-refractivity contribution < 1.29 is 9.90 Å². The molecule has 2 amide bonds. The van der Waals surface area contributed by atoms with Crippen LogP contribution < -0.4 is 5.32 Å². The van der Waals surface area contributed by atoms with Crippen LogP contribution >= 0.6 is 0 Å². The first-order valence-electron chi connectivity index (χ1n) is 10.1. The summed E-state index contributed by atoms with van der Waals surface area (Å²) in [5.74, 6) is 0.354. The van der Waals surface area contributed by atoms with Crippen LogP contribution in [0.5, 0.6) is 0 Å². The molecule has 2 heterocycles. The van der Waals surface area contributed by atoms with Crippen LogP contribution in [0.3, 0.4) is 0 Å². The topological polar surface area (TPSA) is 55.8 Å². The third-order valence-electron chi connectivity index (χ3n) is 6.46. The fourth-order valence-electron chi connectivity index (χ4n) is 4.71. The van der Waals surface area contributed by atoms with Gasteiger partial charge in [0, 0.05) is 38.3 Å². The highest BCUT2D eigenvalue weighted by atomic mass is 16.3. The SMILES string of the molecule is CC(O)C1CCN(C(=O)NC2CCN(C3CCCCC3)CC2)CC1. The summed E-state index contributed by atoms with van der Waals surface area (Å²) in [6.07, 6.45) is 10.7. The minimum atomic E-state index is -0.251. The number of hydrogen-bond acceptors (Lipinski definition) is 3. The highest BCUT2D eigenvalue weighted by Gasteiger charge is 2.29. The van der Waals surface area contributed by atoms with Gasteiger partial charge in [0.2, 0.25) is 0 Å². The maximum absolute atomic E-state index is 12.5. The highest BCUT2D eigenvalue weighted by Crippen LogP contribution is 2.25. The van der Waals surface area contributed by atoms with Crippen LogP contribution in [-0.4, -0.2) is 65.3 Å². The van der Waals surface area contributed by atoms with Crippen LogP contribution in [0.1, 0.15) is 64.7 Å². The molecule has 5 heteroatoms. The number of carbonyl (C=O) groups excluding carboxylic acids is 1. The fourth-order valence-corrected chi connectivity index (χ4v) is 4.71. The van der Waals surface area contributed by atoms with Crippen molar-refractivity contribution in [3.63, 3.8) is 0 Å². The van der Waals surface area contributed by atoms with Crippen molar-refractivity contribution in [2.24, 2.45) is 5.92 Å². The lowest BCUT2D eigenvalue weighted by Crippen LogP contribution is -2.52. The molecule has 5 nitrogen and oxygen atoms in total. The lowest BCUT2D eigenvalue weighted by atomic mass is 9.92. The number of aliphatic hydroxyl groups excluding tert-OH is 1. The molecule has 2 aliphatic heterocycles. The molecule has 0 aromatic heterocycles. The molecule has 0 bridgehead atoms. The first-order valence-corrected chi connectivity index (χ1v) is 10.1. The number of likely N-dealkylation sites (tertiary alicyclic amines) is 2. The molecule has 24 heavy (non-hydrogen) atoms. The number of aliphatic hydroxyl groups is 1. The van der Waals surface area contributed by atoms with E-state index in [9.17, 15) is 9.90 Å². The average molecular weight is 338 g/mol. The molecule has 2 N–H and O–H groups in total. The fraction of sp³-hybridized carbons (Fsp3) is 0.947. The number of amides is 2. The Morgan fingerprint density at radius 1 is 0.958 bits per heavy atom. The normalized spacial score (nSPS) is 27.2. The molecule has 3 rings (SSSR count). The average Bonchev–Trinajstić information content (AvgIpc) is 2.63. The quantitative estimate of drug-likeness (QED) is 0.832. The second-order valence-corrected chi connectivity index (χ2v) is 8.12. The van der Waals surface area contributed by atoms with E-state index in [0.717, 1.165) is 57.9 Å². The first-order chi connectivity index (χ1) is 11.6. The Kier molecular flexibility index (Phi) is 6.39. The van der Waals surface area contributed by atoms with E-state index in [1.54, 1.807) is 0 Å². The van der Waals surface area contributed by atoms with Gasteiger partial charge >= 0.3 is 6.03 Å². The van der Waals surface area contributed by atoms with Gasteiger partial charge in [0.15, 0.2) is 0 Å². The van der Waals surface area contributed by atoms with Gasteiger partial charge < -0.3 is 20.2 Å². The Hall–Kier alpha value is -0.810. The van der Waals surface area contributed by atoms with E-state index in [4.69, 9.17) is 0 Å². The summed E-state index contributed by atoms with van der Waals surface area (Å²) in [4.78, 5) is 17.1. The van der Waals surface area contributed by atoms with Gasteiger partial charge in [-0.3, -0.25) is 0 Å². The number of rotatable bonds is 3. The Balaban J connectivity index is 1.37. The van der Waals surface area contributed by atoms with Gasteiger partial charge in [-0.2, -0.15) is 0 Å². The second-order valence-electron chi connectivity index (χ2n) is 8.12. The van der Waals surface area contributed by atoms with Crippen molar-refractivity contribution in [1.82, 2.24) is 15.1 Å². The summed E-state index contributed by atoms with van der Waals surface area (Å²) in [7, 11) is 0. The van der Waals surface area contributed by atoms with E-state index in [1.807, 2.05) is 11.8 Å². The van der Waals surface area contributed by atoms with Crippen molar-refractivity contribution in [2.45, 2.75) is 82.9 Å². The lowest BCUT2D eigenvalue weighted by Gasteiger charge is -2.40. The summed E-state index contributed by atoms with van der Waals surface area (Å²) < 4.78 is 0. The molecule has 1 saturated carbocycles. The molecule has 3 aliphatic rings. The largest absolute Gasteiger partial charge is 0.393 e. The van der Waals surface area contributed by atoms with Crippen molar-refractivity contribution in [2.75, 3.05) is 26.2 Å². The zero-order valence-electron chi connectivity index (χ0n) is 15.3. The summed E-state index contributed by atoms with van der Waals surface area (Å²) >= 11 is 0. The Morgan fingerprint density at radius 3 is 2.17 bits per heavy atom. The van der Waals surface area contributed by atoms with Gasteiger partial charge in [-0.05, 0) is 51.4 Å². The molecule has 0 spiro atoms. The minimum absolute atomic E-state index is 0.107. The monoisotopic (exact) mass is 337 g/mol. The molecular weight excluding hydrogens is 302 g/mol. The number of nitrogens with one attached hydrogen (secondary N) is 1. The molecule has 0 aromatic rings. The van der Waals surface area contributed by atoms with E-state index in [1.165, 1.54) is 32.1 Å². The predicted octanol–water partition coefficient (Wildman–Crippen LogP) is 2.59. The number of piperidine rings is 2. The molecule has 3 fully saturated rings. The van der Waals surface area contributed by atoms with E-state index in [0.29, 0.717) is 12.0 Å². The van der Waals surface area contributed by atoms with Crippen LogP contribution in [-0.2, 0) is 0 Å². The highest BCUT2D eigenvalue weighted by molar-refractivity contribution is 5.74. The number of hydrogen-bond donors (Lipinski definition) is 2. The van der Waals surface area contributed by atoms with Crippen LogP contribution in [0.25, 0.3) is 0 Å². The van der Waals surface area contributed by atoms with E-state index in [-0.39, 0.29) is 12.1 Å². The zero-order valence-corrected chi connectivity index (χ0v) is 15.3. The van der Waals surface area contributed by atoms with E-state index < -0.39 is 0 Å². The Labute approximate surface area is 146 Å².